The topological polar surface area (TPSA) is 122 Å². The van der Waals surface area contributed by atoms with Crippen LogP contribution >= 0.6 is 11.3 Å². The van der Waals surface area contributed by atoms with Crippen molar-refractivity contribution in [3.8, 4) is 23.3 Å². The van der Waals surface area contributed by atoms with E-state index in [0.29, 0.717) is 23.5 Å². The van der Waals surface area contributed by atoms with Crippen molar-refractivity contribution >= 4 is 38.6 Å². The number of aromatic nitrogens is 1. The van der Waals surface area contributed by atoms with Gasteiger partial charge in [0.1, 0.15) is 34.7 Å². The second-order valence-corrected chi connectivity index (χ2v) is 8.89. The molecule has 1 aliphatic heterocycles. The molecule has 1 aliphatic rings. The number of amides is 1. The fraction of sp³-hybridized carbons (Fsp3) is 0.120. The molecule has 0 spiro atoms. The minimum absolute atomic E-state index is 0.0301. The first-order valence-corrected chi connectivity index (χ1v) is 11.4. The van der Waals surface area contributed by atoms with Crippen LogP contribution < -0.4 is 14.8 Å². The van der Waals surface area contributed by atoms with Gasteiger partial charge in [0.2, 0.25) is 0 Å². The lowest BCUT2D eigenvalue weighted by atomic mass is 9.91. The Morgan fingerprint density at radius 1 is 1.19 bits per heavy atom. The zero-order valence-electron chi connectivity index (χ0n) is 18.2. The zero-order chi connectivity index (χ0) is 25.4. The summed E-state index contributed by atoms with van der Waals surface area (Å²) in [5.74, 6) is -2.97. The lowest BCUT2D eigenvalue weighted by Gasteiger charge is -2.24. The average Bonchev–Trinajstić information content (AvgIpc) is 3.26. The number of nitriles is 1. The Labute approximate surface area is 206 Å². The molecule has 8 nitrogen and oxygen atoms in total. The Kier molecular flexibility index (Phi) is 5.95. The largest absolute Gasteiger partial charge is 0.493 e. The molecule has 0 saturated carbocycles. The quantitative estimate of drug-likeness (QED) is 0.369. The van der Waals surface area contributed by atoms with Crippen LogP contribution in [0.3, 0.4) is 0 Å². The summed E-state index contributed by atoms with van der Waals surface area (Å²) in [6.07, 6.45) is 0.305. The summed E-state index contributed by atoms with van der Waals surface area (Å²) in [7, 11) is 0. The van der Waals surface area contributed by atoms with Crippen LogP contribution in [0.4, 0.5) is 13.9 Å². The predicted molar refractivity (Wildman–Crippen MR) is 126 cm³/mol. The first-order valence-electron chi connectivity index (χ1n) is 10.6. The highest BCUT2D eigenvalue weighted by Gasteiger charge is 2.29. The van der Waals surface area contributed by atoms with Gasteiger partial charge in [-0.3, -0.25) is 14.9 Å². The molecule has 36 heavy (non-hydrogen) atoms. The molecule has 3 aromatic carbocycles. The van der Waals surface area contributed by atoms with E-state index >= 15 is 0 Å². The third-order valence-electron chi connectivity index (χ3n) is 5.55. The van der Waals surface area contributed by atoms with Crippen LogP contribution in [0.5, 0.6) is 17.2 Å². The molecular weight excluding hydrogens is 492 g/mol. The number of fused-ring (bicyclic) bond motifs is 2. The van der Waals surface area contributed by atoms with E-state index in [1.54, 1.807) is 0 Å². The van der Waals surface area contributed by atoms with Crippen LogP contribution in [0, 0.1) is 23.0 Å². The van der Waals surface area contributed by atoms with E-state index < -0.39 is 29.4 Å². The van der Waals surface area contributed by atoms with Crippen molar-refractivity contribution in [3.05, 3.63) is 76.9 Å². The third kappa shape index (κ3) is 4.42. The van der Waals surface area contributed by atoms with Crippen LogP contribution in [0.15, 0.2) is 48.5 Å². The molecule has 0 bridgehead atoms. The van der Waals surface area contributed by atoms with Crippen LogP contribution in [-0.4, -0.2) is 28.6 Å². The first-order chi connectivity index (χ1) is 17.3. The van der Waals surface area contributed by atoms with Crippen molar-refractivity contribution in [3.63, 3.8) is 0 Å². The van der Waals surface area contributed by atoms with Crippen molar-refractivity contribution in [1.29, 1.82) is 5.26 Å². The van der Waals surface area contributed by atoms with E-state index in [1.807, 2.05) is 6.07 Å². The molecule has 2 N–H and O–H groups in total. The summed E-state index contributed by atoms with van der Waals surface area (Å²) >= 11 is 0.944. The summed E-state index contributed by atoms with van der Waals surface area (Å²) in [4.78, 5) is 28.1. The van der Waals surface area contributed by atoms with Crippen LogP contribution in [0.25, 0.3) is 10.2 Å². The number of carboxylic acid groups (broad SMARTS) is 1. The van der Waals surface area contributed by atoms with Gasteiger partial charge in [0, 0.05) is 23.3 Å². The minimum Gasteiger partial charge on any atom is -0.493 e. The van der Waals surface area contributed by atoms with Crippen LogP contribution in [0.1, 0.15) is 33.8 Å². The number of halogens is 2. The second-order valence-electron chi connectivity index (χ2n) is 7.86. The summed E-state index contributed by atoms with van der Waals surface area (Å²) in [5, 5.41) is 21.7. The van der Waals surface area contributed by atoms with E-state index in [-0.39, 0.29) is 38.8 Å². The number of carbonyl (C=O) groups is 2. The number of nitrogens with one attached hydrogen (secondary N) is 1. The fourth-order valence-electron chi connectivity index (χ4n) is 3.83. The lowest BCUT2D eigenvalue weighted by molar-refractivity contribution is -0.139. The number of anilines is 1. The van der Waals surface area contributed by atoms with E-state index in [4.69, 9.17) is 9.47 Å². The highest BCUT2D eigenvalue weighted by Crippen LogP contribution is 2.39. The Hall–Kier alpha value is -4.56. The Balaban J connectivity index is 1.33. The number of thiazole rings is 1. The molecule has 0 fully saturated rings. The number of carboxylic acids is 1. The van der Waals surface area contributed by atoms with Gasteiger partial charge in [-0.2, -0.15) is 5.26 Å². The maximum Gasteiger partial charge on any atom is 0.311 e. The van der Waals surface area contributed by atoms with E-state index in [9.17, 15) is 28.7 Å². The molecule has 1 atom stereocenters. The zero-order valence-corrected chi connectivity index (χ0v) is 19.1. The molecule has 0 saturated heterocycles. The summed E-state index contributed by atoms with van der Waals surface area (Å²) in [5.41, 5.74) is 0.790. The lowest BCUT2D eigenvalue weighted by Crippen LogP contribution is -2.21. The fourth-order valence-corrected chi connectivity index (χ4v) is 4.73. The van der Waals surface area contributed by atoms with Crippen molar-refractivity contribution < 1.29 is 33.0 Å². The SMILES string of the molecule is N#Cc1cc2c(cc1Oc1ccc(C(=O)Nc3nc4c(F)cc(F)cc4s3)cc1)OCCC2C(=O)O. The molecular formula is C25H15F2N3O5S. The van der Waals surface area contributed by atoms with E-state index in [0.717, 1.165) is 23.5 Å². The Morgan fingerprint density at radius 2 is 1.97 bits per heavy atom. The van der Waals surface area contributed by atoms with Gasteiger partial charge >= 0.3 is 5.97 Å². The molecule has 180 valence electrons. The van der Waals surface area contributed by atoms with Crippen molar-refractivity contribution in [2.45, 2.75) is 12.3 Å². The number of carbonyl (C=O) groups excluding carboxylic acids is 1. The maximum atomic E-state index is 13.9. The monoisotopic (exact) mass is 507 g/mol. The normalized spacial score (nSPS) is 14.4. The third-order valence-corrected chi connectivity index (χ3v) is 6.47. The number of hydrogen-bond donors (Lipinski definition) is 2. The summed E-state index contributed by atoms with van der Waals surface area (Å²) in [6, 6.07) is 12.8. The second kappa shape index (κ2) is 9.24. The Morgan fingerprint density at radius 3 is 2.69 bits per heavy atom. The molecule has 2 heterocycles. The maximum absolute atomic E-state index is 13.9. The number of hydrogen-bond acceptors (Lipinski definition) is 7. The number of rotatable bonds is 5. The van der Waals surface area contributed by atoms with Crippen molar-refractivity contribution in [2.24, 2.45) is 0 Å². The molecule has 1 amide bonds. The van der Waals surface area contributed by atoms with Crippen molar-refractivity contribution in [2.75, 3.05) is 11.9 Å². The molecule has 5 rings (SSSR count). The van der Waals surface area contributed by atoms with E-state index in [2.05, 4.69) is 10.3 Å². The van der Waals surface area contributed by atoms with Gasteiger partial charge < -0.3 is 14.6 Å². The van der Waals surface area contributed by atoms with Gasteiger partial charge in [-0.1, -0.05) is 11.3 Å². The number of benzene rings is 3. The first kappa shape index (κ1) is 23.2. The van der Waals surface area contributed by atoms with Gasteiger partial charge in [0.15, 0.2) is 10.9 Å². The standard InChI is InChI=1S/C25H15F2N3O5S/c26-14-8-18(27)22-21(9-14)36-25(29-22)30-23(31)12-1-3-15(4-2-12)35-19-10-20-17(7-13(19)11-28)16(24(32)33)5-6-34-20/h1-4,7-10,16H,5-6H2,(H,32,33)(H,29,30,31). The number of ether oxygens (including phenoxy) is 2. The van der Waals surface area contributed by atoms with Crippen LogP contribution in [0.2, 0.25) is 0 Å². The Bertz CT molecular complexity index is 1560. The molecule has 11 heteroatoms. The number of nitrogens with zero attached hydrogens (tertiary/aromatic N) is 2. The predicted octanol–water partition coefficient (Wildman–Crippen LogP) is 5.44. The summed E-state index contributed by atoms with van der Waals surface area (Å²) < 4.78 is 38.9. The smallest absolute Gasteiger partial charge is 0.311 e. The minimum atomic E-state index is -0.992. The van der Waals surface area contributed by atoms with Gasteiger partial charge in [-0.05, 0) is 42.8 Å². The average molecular weight is 507 g/mol. The number of aliphatic carboxylic acids is 1. The van der Waals surface area contributed by atoms with E-state index in [1.165, 1.54) is 36.4 Å². The molecule has 1 aromatic heterocycles. The highest BCUT2D eigenvalue weighted by molar-refractivity contribution is 7.22. The highest BCUT2D eigenvalue weighted by atomic mass is 32.1. The van der Waals surface area contributed by atoms with Gasteiger partial charge in [-0.25, -0.2) is 13.8 Å². The molecule has 4 aromatic rings. The molecule has 0 radical (unpaired) electrons. The van der Waals surface area contributed by atoms with Crippen molar-refractivity contribution in [1.82, 2.24) is 4.98 Å². The summed E-state index contributed by atoms with van der Waals surface area (Å²) in [6.45, 7) is 0.232. The van der Waals surface area contributed by atoms with Gasteiger partial charge in [-0.15, -0.1) is 0 Å². The van der Waals surface area contributed by atoms with Gasteiger partial charge in [0.25, 0.3) is 5.91 Å². The molecule has 1 unspecified atom stereocenters. The molecule has 0 aliphatic carbocycles. The van der Waals surface area contributed by atoms with Crippen LogP contribution in [-0.2, 0) is 4.79 Å². The van der Waals surface area contributed by atoms with Gasteiger partial charge in [0.05, 0.1) is 22.8 Å².